The van der Waals surface area contributed by atoms with Gasteiger partial charge in [0.15, 0.2) is 0 Å². The van der Waals surface area contributed by atoms with E-state index in [-0.39, 0.29) is 5.91 Å². The van der Waals surface area contributed by atoms with Gasteiger partial charge in [0.25, 0.3) is 5.91 Å². The minimum absolute atomic E-state index is 0.107. The molecule has 0 fully saturated rings. The standard InChI is InChI=1S/C16H15N5O/c22-16(14-3-7-18-8-4-14)19-9-10-21-12-15(11-20-21)13-1-5-17-6-2-13/h1-8,11-12H,9-10H2,(H,19,22). The van der Waals surface area contributed by atoms with E-state index in [9.17, 15) is 4.79 Å². The van der Waals surface area contributed by atoms with Gasteiger partial charge < -0.3 is 5.32 Å². The zero-order chi connectivity index (χ0) is 15.2. The van der Waals surface area contributed by atoms with Crippen LogP contribution in [0.2, 0.25) is 0 Å². The lowest BCUT2D eigenvalue weighted by Crippen LogP contribution is -2.27. The average molecular weight is 293 g/mol. The summed E-state index contributed by atoms with van der Waals surface area (Å²) in [5, 5.41) is 7.16. The van der Waals surface area contributed by atoms with Crippen LogP contribution in [-0.2, 0) is 6.54 Å². The Balaban J connectivity index is 1.55. The van der Waals surface area contributed by atoms with Gasteiger partial charge in [-0.1, -0.05) is 0 Å². The molecule has 0 radical (unpaired) electrons. The summed E-state index contributed by atoms with van der Waals surface area (Å²) >= 11 is 0. The van der Waals surface area contributed by atoms with Crippen molar-refractivity contribution in [3.8, 4) is 11.1 Å². The minimum atomic E-state index is -0.107. The third-order valence-corrected chi connectivity index (χ3v) is 3.22. The number of carbonyl (C=O) groups is 1. The maximum atomic E-state index is 11.9. The van der Waals surface area contributed by atoms with Crippen molar-refractivity contribution in [1.82, 2.24) is 25.1 Å². The first kappa shape index (κ1) is 13.9. The van der Waals surface area contributed by atoms with Gasteiger partial charge in [-0.3, -0.25) is 19.4 Å². The van der Waals surface area contributed by atoms with Crippen LogP contribution < -0.4 is 5.32 Å². The molecule has 0 saturated carbocycles. The lowest BCUT2D eigenvalue weighted by molar-refractivity contribution is 0.0952. The largest absolute Gasteiger partial charge is 0.350 e. The highest BCUT2D eigenvalue weighted by Crippen LogP contribution is 2.16. The highest BCUT2D eigenvalue weighted by atomic mass is 16.1. The van der Waals surface area contributed by atoms with Crippen LogP contribution in [0.15, 0.2) is 61.4 Å². The van der Waals surface area contributed by atoms with Crippen molar-refractivity contribution in [2.45, 2.75) is 6.54 Å². The molecule has 0 saturated heterocycles. The smallest absolute Gasteiger partial charge is 0.251 e. The van der Waals surface area contributed by atoms with Crippen molar-refractivity contribution in [3.63, 3.8) is 0 Å². The molecular formula is C16H15N5O. The van der Waals surface area contributed by atoms with Gasteiger partial charge in [0.1, 0.15) is 0 Å². The molecule has 110 valence electrons. The first-order valence-electron chi connectivity index (χ1n) is 6.94. The van der Waals surface area contributed by atoms with E-state index in [1.165, 1.54) is 0 Å². The lowest BCUT2D eigenvalue weighted by atomic mass is 10.1. The van der Waals surface area contributed by atoms with Gasteiger partial charge in [0.2, 0.25) is 0 Å². The van der Waals surface area contributed by atoms with E-state index in [4.69, 9.17) is 0 Å². The lowest BCUT2D eigenvalue weighted by Gasteiger charge is -2.05. The van der Waals surface area contributed by atoms with Crippen LogP contribution in [0.3, 0.4) is 0 Å². The van der Waals surface area contributed by atoms with Gasteiger partial charge in [-0.05, 0) is 29.8 Å². The number of hydrogen-bond donors (Lipinski definition) is 1. The molecule has 0 spiro atoms. The molecule has 1 N–H and O–H groups in total. The molecule has 0 aliphatic carbocycles. The zero-order valence-electron chi connectivity index (χ0n) is 11.9. The molecule has 0 aromatic carbocycles. The molecule has 22 heavy (non-hydrogen) atoms. The molecule has 6 nitrogen and oxygen atoms in total. The molecule has 0 unspecified atom stereocenters. The summed E-state index contributed by atoms with van der Waals surface area (Å²) in [6.07, 6.45) is 10.5. The van der Waals surface area contributed by atoms with Crippen LogP contribution in [0, 0.1) is 0 Å². The molecule has 6 heteroatoms. The predicted octanol–water partition coefficient (Wildman–Crippen LogP) is 1.77. The third kappa shape index (κ3) is 3.35. The predicted molar refractivity (Wildman–Crippen MR) is 82.0 cm³/mol. The number of rotatable bonds is 5. The molecule has 3 rings (SSSR count). The number of nitrogens with zero attached hydrogens (tertiary/aromatic N) is 4. The second-order valence-corrected chi connectivity index (χ2v) is 4.72. The Morgan fingerprint density at radius 2 is 1.68 bits per heavy atom. The van der Waals surface area contributed by atoms with Crippen molar-refractivity contribution in [2.24, 2.45) is 0 Å². The van der Waals surface area contributed by atoms with Crippen LogP contribution in [0.5, 0.6) is 0 Å². The van der Waals surface area contributed by atoms with E-state index in [0.29, 0.717) is 18.7 Å². The zero-order valence-corrected chi connectivity index (χ0v) is 11.9. The summed E-state index contributed by atoms with van der Waals surface area (Å²) in [6.45, 7) is 1.13. The summed E-state index contributed by atoms with van der Waals surface area (Å²) in [5.74, 6) is -0.107. The second kappa shape index (κ2) is 6.62. The van der Waals surface area contributed by atoms with Crippen LogP contribution in [0.25, 0.3) is 11.1 Å². The monoisotopic (exact) mass is 293 g/mol. The molecule has 3 aromatic heterocycles. The number of nitrogens with one attached hydrogen (secondary N) is 1. The second-order valence-electron chi connectivity index (χ2n) is 4.72. The van der Waals surface area contributed by atoms with E-state index in [2.05, 4.69) is 20.4 Å². The molecule has 1 amide bonds. The molecule has 0 atom stereocenters. The fraction of sp³-hybridized carbons (Fsp3) is 0.125. The van der Waals surface area contributed by atoms with Gasteiger partial charge in [0, 0.05) is 48.7 Å². The quantitative estimate of drug-likeness (QED) is 0.778. The van der Waals surface area contributed by atoms with Gasteiger partial charge >= 0.3 is 0 Å². The molecule has 3 heterocycles. The van der Waals surface area contributed by atoms with Crippen LogP contribution in [0.1, 0.15) is 10.4 Å². The fourth-order valence-electron chi connectivity index (χ4n) is 2.07. The topological polar surface area (TPSA) is 72.7 Å². The fourth-order valence-corrected chi connectivity index (χ4v) is 2.07. The maximum Gasteiger partial charge on any atom is 0.251 e. The van der Waals surface area contributed by atoms with E-state index in [1.807, 2.05) is 23.0 Å². The van der Waals surface area contributed by atoms with E-state index >= 15 is 0 Å². The van der Waals surface area contributed by atoms with Crippen molar-refractivity contribution >= 4 is 5.91 Å². The Morgan fingerprint density at radius 3 is 2.41 bits per heavy atom. The summed E-state index contributed by atoms with van der Waals surface area (Å²) in [4.78, 5) is 19.8. The Kier molecular flexibility index (Phi) is 4.20. The van der Waals surface area contributed by atoms with E-state index in [0.717, 1.165) is 11.1 Å². The minimum Gasteiger partial charge on any atom is -0.350 e. The summed E-state index contributed by atoms with van der Waals surface area (Å²) in [6, 6.07) is 7.24. The number of hydrogen-bond acceptors (Lipinski definition) is 4. The van der Waals surface area contributed by atoms with Crippen LogP contribution in [-0.4, -0.2) is 32.2 Å². The van der Waals surface area contributed by atoms with Crippen molar-refractivity contribution in [2.75, 3.05) is 6.54 Å². The number of carbonyl (C=O) groups excluding carboxylic acids is 1. The van der Waals surface area contributed by atoms with E-state index < -0.39 is 0 Å². The molecule has 0 aliphatic heterocycles. The highest BCUT2D eigenvalue weighted by Gasteiger charge is 2.05. The molecule has 0 aliphatic rings. The van der Waals surface area contributed by atoms with Gasteiger partial charge in [-0.25, -0.2) is 0 Å². The third-order valence-electron chi connectivity index (χ3n) is 3.22. The number of aromatic nitrogens is 4. The maximum absolute atomic E-state index is 11.9. The molecule has 0 bridgehead atoms. The summed E-state index contributed by atoms with van der Waals surface area (Å²) in [7, 11) is 0. The van der Waals surface area contributed by atoms with Crippen LogP contribution in [0.4, 0.5) is 0 Å². The average Bonchev–Trinajstić information content (AvgIpc) is 3.05. The van der Waals surface area contributed by atoms with Crippen molar-refractivity contribution in [1.29, 1.82) is 0 Å². The van der Waals surface area contributed by atoms with Gasteiger partial charge in [0.05, 0.1) is 12.7 Å². The van der Waals surface area contributed by atoms with E-state index in [1.54, 1.807) is 43.1 Å². The molecule has 3 aromatic rings. The van der Waals surface area contributed by atoms with Gasteiger partial charge in [-0.2, -0.15) is 5.10 Å². The Labute approximate surface area is 127 Å². The highest BCUT2D eigenvalue weighted by molar-refractivity contribution is 5.93. The Morgan fingerprint density at radius 1 is 1.00 bits per heavy atom. The Hall–Kier alpha value is -3.02. The normalized spacial score (nSPS) is 10.4. The first-order valence-corrected chi connectivity index (χ1v) is 6.94. The van der Waals surface area contributed by atoms with Gasteiger partial charge in [-0.15, -0.1) is 0 Å². The first-order chi connectivity index (χ1) is 10.8. The summed E-state index contributed by atoms with van der Waals surface area (Å²) < 4.78 is 1.81. The Bertz CT molecular complexity index is 739. The number of pyridine rings is 2. The SMILES string of the molecule is O=C(NCCn1cc(-c2ccncc2)cn1)c1ccncc1. The van der Waals surface area contributed by atoms with Crippen molar-refractivity contribution in [3.05, 3.63) is 67.0 Å². The van der Waals surface area contributed by atoms with Crippen LogP contribution >= 0.6 is 0 Å². The molecular weight excluding hydrogens is 278 g/mol. The summed E-state index contributed by atoms with van der Waals surface area (Å²) in [5.41, 5.74) is 2.71. The number of amides is 1. The van der Waals surface area contributed by atoms with Crippen molar-refractivity contribution < 1.29 is 4.79 Å².